The Morgan fingerprint density at radius 2 is 0.774 bits per heavy atom. The fraction of sp³-hybridized carbons (Fsp3) is 0.400. The topological polar surface area (TPSA) is 120 Å². The molecule has 2 aliphatic heterocycles. The van der Waals surface area contributed by atoms with E-state index in [1.54, 1.807) is 42.7 Å². The van der Waals surface area contributed by atoms with E-state index in [0.717, 1.165) is 22.3 Å². The molecular formula is C40H46O13. The molecule has 0 saturated carbocycles. The molecular weight excluding hydrogens is 688 g/mol. The summed E-state index contributed by atoms with van der Waals surface area (Å²) in [5, 5.41) is 0. The zero-order valence-corrected chi connectivity index (χ0v) is 31.3. The van der Waals surface area contributed by atoms with Gasteiger partial charge < -0.3 is 61.6 Å². The molecule has 2 atom stereocenters. The molecule has 0 amide bonds. The maximum atomic E-state index is 6.28. The summed E-state index contributed by atoms with van der Waals surface area (Å²) < 4.78 is 74.7. The summed E-state index contributed by atoms with van der Waals surface area (Å²) in [6.45, 7) is 5.68. The average molecular weight is 735 g/mol. The zero-order valence-electron chi connectivity index (χ0n) is 31.3. The third-order valence-corrected chi connectivity index (χ3v) is 9.29. The van der Waals surface area contributed by atoms with Gasteiger partial charge in [-0.3, -0.25) is 0 Å². The van der Waals surface area contributed by atoms with Gasteiger partial charge in [-0.2, -0.15) is 0 Å². The highest BCUT2D eigenvalue weighted by molar-refractivity contribution is 5.60. The molecule has 0 aliphatic carbocycles. The summed E-state index contributed by atoms with van der Waals surface area (Å²) >= 11 is 0. The van der Waals surface area contributed by atoms with Crippen molar-refractivity contribution in [3.8, 4) is 69.0 Å². The molecule has 6 rings (SSSR count). The van der Waals surface area contributed by atoms with Gasteiger partial charge in [-0.1, -0.05) is 13.8 Å². The van der Waals surface area contributed by atoms with E-state index in [1.807, 2.05) is 48.5 Å². The van der Waals surface area contributed by atoms with Crippen LogP contribution in [0, 0.1) is 0 Å². The summed E-state index contributed by atoms with van der Waals surface area (Å²) in [5.74, 6) is 6.92. The Balaban J connectivity index is 1.11. The van der Waals surface area contributed by atoms with Crippen LogP contribution in [0.4, 0.5) is 0 Å². The van der Waals surface area contributed by atoms with Crippen LogP contribution in [0.25, 0.3) is 0 Å². The SMILES string of the molecule is COc1cc([C@@H](C)c2cc3c(cc2OCCOCCOc2cc4c(cc2[C@H](C)c2cc(OC)c(OC)c(OC)c2)OCO4)OCO3)cc(OC)c1OC. The lowest BCUT2D eigenvalue weighted by molar-refractivity contribution is 0.0758. The Labute approximate surface area is 309 Å². The number of hydrogen-bond acceptors (Lipinski definition) is 13. The van der Waals surface area contributed by atoms with E-state index in [-0.39, 0.29) is 25.4 Å². The molecule has 0 N–H and O–H groups in total. The number of hydrogen-bond donors (Lipinski definition) is 0. The van der Waals surface area contributed by atoms with E-state index in [1.165, 1.54) is 0 Å². The van der Waals surface area contributed by atoms with Gasteiger partial charge in [0.25, 0.3) is 0 Å². The number of benzene rings is 4. The van der Waals surface area contributed by atoms with E-state index in [4.69, 9.17) is 61.6 Å². The van der Waals surface area contributed by atoms with E-state index in [0.29, 0.717) is 95.4 Å². The predicted molar refractivity (Wildman–Crippen MR) is 194 cm³/mol. The first-order chi connectivity index (χ1) is 25.8. The molecule has 0 spiro atoms. The van der Waals surface area contributed by atoms with Crippen LogP contribution in [-0.2, 0) is 4.74 Å². The lowest BCUT2D eigenvalue weighted by Gasteiger charge is -2.21. The molecule has 13 nitrogen and oxygen atoms in total. The Hall–Kier alpha value is -5.56. The molecule has 4 aromatic rings. The van der Waals surface area contributed by atoms with Crippen LogP contribution >= 0.6 is 0 Å². The third-order valence-electron chi connectivity index (χ3n) is 9.29. The summed E-state index contributed by atoms with van der Waals surface area (Å²) in [4.78, 5) is 0. The van der Waals surface area contributed by atoms with Crippen LogP contribution in [0.5, 0.6) is 69.0 Å². The summed E-state index contributed by atoms with van der Waals surface area (Å²) in [6.07, 6.45) is 0. The van der Waals surface area contributed by atoms with Crippen molar-refractivity contribution in [2.75, 3.05) is 82.7 Å². The van der Waals surface area contributed by atoms with Gasteiger partial charge in [-0.15, -0.1) is 0 Å². The second-order valence-electron chi connectivity index (χ2n) is 12.2. The smallest absolute Gasteiger partial charge is 0.231 e. The lowest BCUT2D eigenvalue weighted by Crippen LogP contribution is -2.14. The number of fused-ring (bicyclic) bond motifs is 2. The normalized spacial score (nSPS) is 13.6. The quantitative estimate of drug-likeness (QED) is 0.0980. The molecule has 0 fully saturated rings. The van der Waals surface area contributed by atoms with Gasteiger partial charge >= 0.3 is 0 Å². The van der Waals surface area contributed by atoms with Crippen LogP contribution in [0.15, 0.2) is 48.5 Å². The first-order valence-corrected chi connectivity index (χ1v) is 17.1. The number of methoxy groups -OCH3 is 6. The monoisotopic (exact) mass is 734 g/mol. The van der Waals surface area contributed by atoms with E-state index >= 15 is 0 Å². The lowest BCUT2D eigenvalue weighted by atomic mass is 9.91. The molecule has 2 aliphatic rings. The first-order valence-electron chi connectivity index (χ1n) is 17.1. The molecule has 0 aromatic heterocycles. The minimum atomic E-state index is -0.124. The Morgan fingerprint density at radius 3 is 1.09 bits per heavy atom. The molecule has 53 heavy (non-hydrogen) atoms. The second-order valence-corrected chi connectivity index (χ2v) is 12.2. The van der Waals surface area contributed by atoms with Crippen LogP contribution in [-0.4, -0.2) is 82.7 Å². The van der Waals surface area contributed by atoms with Crippen molar-refractivity contribution in [3.63, 3.8) is 0 Å². The summed E-state index contributed by atoms with van der Waals surface area (Å²) in [5.41, 5.74) is 3.70. The molecule has 13 heteroatoms. The third kappa shape index (κ3) is 7.80. The van der Waals surface area contributed by atoms with Gasteiger partial charge in [0.1, 0.15) is 24.7 Å². The standard InChI is InChI=1S/C40H46O13/c1-23(25-13-35(41-3)39(45-7)36(14-25)42-4)27-17-31-33(52-21-50-31)19-29(27)48-11-9-47-10-12-49-30-20-34-32(51-22-53-34)18-28(30)24(2)26-15-37(43-5)40(46-8)38(16-26)44-6/h13-20,23-24H,9-12,21-22H2,1-8H3/t23-,24-/m1/s1. The van der Waals surface area contributed by atoms with Gasteiger partial charge in [0.05, 0.1) is 55.9 Å². The minimum absolute atomic E-state index is 0.124. The van der Waals surface area contributed by atoms with Crippen molar-refractivity contribution in [3.05, 3.63) is 70.8 Å². The van der Waals surface area contributed by atoms with Crippen molar-refractivity contribution >= 4 is 0 Å². The highest BCUT2D eigenvalue weighted by Crippen LogP contribution is 2.47. The van der Waals surface area contributed by atoms with Crippen molar-refractivity contribution in [1.29, 1.82) is 0 Å². The van der Waals surface area contributed by atoms with Crippen LogP contribution in [0.1, 0.15) is 47.9 Å². The highest BCUT2D eigenvalue weighted by atomic mass is 16.7. The molecule has 284 valence electrons. The Kier molecular flexibility index (Phi) is 11.8. The van der Waals surface area contributed by atoms with Gasteiger partial charge in [-0.25, -0.2) is 0 Å². The van der Waals surface area contributed by atoms with Crippen molar-refractivity contribution < 1.29 is 61.6 Å². The molecule has 0 bridgehead atoms. The van der Waals surface area contributed by atoms with Crippen molar-refractivity contribution in [2.24, 2.45) is 0 Å². The second kappa shape index (κ2) is 16.8. The fourth-order valence-electron chi connectivity index (χ4n) is 6.39. The number of rotatable bonds is 18. The average Bonchev–Trinajstić information content (AvgIpc) is 3.86. The predicted octanol–water partition coefficient (Wildman–Crippen LogP) is 6.97. The van der Waals surface area contributed by atoms with E-state index in [9.17, 15) is 0 Å². The van der Waals surface area contributed by atoms with Gasteiger partial charge in [0, 0.05) is 35.1 Å². The van der Waals surface area contributed by atoms with Crippen LogP contribution < -0.4 is 56.8 Å². The van der Waals surface area contributed by atoms with E-state index < -0.39 is 0 Å². The molecule has 0 unspecified atom stereocenters. The summed E-state index contributed by atoms with van der Waals surface area (Å²) in [7, 11) is 9.54. The Bertz CT molecular complexity index is 1710. The largest absolute Gasteiger partial charge is 0.493 e. The molecule has 0 radical (unpaired) electrons. The Morgan fingerprint density at radius 1 is 0.434 bits per heavy atom. The van der Waals surface area contributed by atoms with Gasteiger partial charge in [0.15, 0.2) is 46.0 Å². The maximum absolute atomic E-state index is 6.28. The van der Waals surface area contributed by atoms with Crippen LogP contribution in [0.2, 0.25) is 0 Å². The minimum Gasteiger partial charge on any atom is -0.493 e. The van der Waals surface area contributed by atoms with E-state index in [2.05, 4.69) is 13.8 Å². The van der Waals surface area contributed by atoms with Gasteiger partial charge in [-0.05, 0) is 47.5 Å². The fourth-order valence-corrected chi connectivity index (χ4v) is 6.39. The van der Waals surface area contributed by atoms with Crippen LogP contribution in [0.3, 0.4) is 0 Å². The van der Waals surface area contributed by atoms with Crippen molar-refractivity contribution in [1.82, 2.24) is 0 Å². The molecule has 4 aromatic carbocycles. The number of ether oxygens (including phenoxy) is 13. The zero-order chi connectivity index (χ0) is 37.5. The highest BCUT2D eigenvalue weighted by Gasteiger charge is 2.26. The maximum Gasteiger partial charge on any atom is 0.231 e. The summed E-state index contributed by atoms with van der Waals surface area (Å²) in [6, 6.07) is 15.3. The van der Waals surface area contributed by atoms with Gasteiger partial charge in [0.2, 0.25) is 25.1 Å². The molecule has 2 heterocycles. The molecule has 0 saturated heterocycles. The first kappa shape index (κ1) is 37.2. The van der Waals surface area contributed by atoms with Crippen molar-refractivity contribution in [2.45, 2.75) is 25.7 Å².